The van der Waals surface area contributed by atoms with Gasteiger partial charge in [-0.25, -0.2) is 0 Å². The molecule has 0 N–H and O–H groups in total. The molecule has 1 saturated carbocycles. The lowest BCUT2D eigenvalue weighted by atomic mass is 9.93. The number of hydrogen-bond acceptors (Lipinski definition) is 0. The van der Waals surface area contributed by atoms with Crippen LogP contribution in [0.1, 0.15) is 26.2 Å². The highest BCUT2D eigenvalue weighted by atomic mass is 127. The van der Waals surface area contributed by atoms with Crippen molar-refractivity contribution in [3.05, 3.63) is 9.15 Å². The van der Waals surface area contributed by atoms with Crippen molar-refractivity contribution >= 4 is 22.6 Å². The van der Waals surface area contributed by atoms with Crippen LogP contribution >= 0.6 is 22.6 Å². The van der Waals surface area contributed by atoms with E-state index in [1.54, 1.807) is 5.57 Å². The van der Waals surface area contributed by atoms with Crippen LogP contribution in [0.3, 0.4) is 0 Å². The average molecular weight is 208 g/mol. The molecule has 0 atom stereocenters. The highest BCUT2D eigenvalue weighted by molar-refractivity contribution is 14.1. The zero-order chi connectivity index (χ0) is 5.28. The minimum atomic E-state index is 1.37. The Morgan fingerprint density at radius 3 is 2.14 bits per heavy atom. The topological polar surface area (TPSA) is 0 Å². The molecule has 7 heavy (non-hydrogen) atoms. The minimum Gasteiger partial charge on any atom is -0.0612 e. The summed E-state index contributed by atoms with van der Waals surface area (Å²) in [5, 5.41) is 0. The van der Waals surface area contributed by atoms with Gasteiger partial charge in [-0.1, -0.05) is 5.57 Å². The predicted molar refractivity (Wildman–Crippen MR) is 40.6 cm³/mol. The molecule has 1 fully saturated rings. The maximum Gasteiger partial charge on any atom is -0.0133 e. The normalized spacial score (nSPS) is 18.9. The maximum absolute atomic E-state index is 2.40. The molecule has 0 radical (unpaired) electrons. The first-order chi connectivity index (χ1) is 3.30. The van der Waals surface area contributed by atoms with Gasteiger partial charge in [0.1, 0.15) is 0 Å². The van der Waals surface area contributed by atoms with E-state index in [1.807, 2.05) is 0 Å². The lowest BCUT2D eigenvalue weighted by molar-refractivity contribution is 0.660. The number of allylic oxidation sites excluding steroid dienone is 2. The van der Waals surface area contributed by atoms with Crippen molar-refractivity contribution in [1.29, 1.82) is 0 Å². The maximum atomic E-state index is 2.40. The van der Waals surface area contributed by atoms with Crippen LogP contribution in [0.15, 0.2) is 9.15 Å². The highest BCUT2D eigenvalue weighted by Gasteiger charge is 2.08. The van der Waals surface area contributed by atoms with Crippen LogP contribution in [0, 0.1) is 0 Å². The van der Waals surface area contributed by atoms with Gasteiger partial charge in [-0.3, -0.25) is 0 Å². The highest BCUT2D eigenvalue weighted by Crippen LogP contribution is 2.30. The Morgan fingerprint density at radius 2 is 2.14 bits per heavy atom. The van der Waals surface area contributed by atoms with Gasteiger partial charge in [0.25, 0.3) is 0 Å². The number of hydrogen-bond donors (Lipinski definition) is 0. The molecular formula is C6H9I. The van der Waals surface area contributed by atoms with Crippen LogP contribution in [0.5, 0.6) is 0 Å². The summed E-state index contributed by atoms with van der Waals surface area (Å²) in [5.74, 6) is 0. The van der Waals surface area contributed by atoms with Gasteiger partial charge in [0.15, 0.2) is 0 Å². The van der Waals surface area contributed by atoms with Gasteiger partial charge in [0.05, 0.1) is 0 Å². The van der Waals surface area contributed by atoms with Gasteiger partial charge >= 0.3 is 0 Å². The molecule has 0 aliphatic heterocycles. The van der Waals surface area contributed by atoms with Gasteiger partial charge < -0.3 is 0 Å². The monoisotopic (exact) mass is 208 g/mol. The minimum absolute atomic E-state index is 1.37. The van der Waals surface area contributed by atoms with Gasteiger partial charge in [0, 0.05) is 0 Å². The van der Waals surface area contributed by atoms with Crippen LogP contribution in [-0.2, 0) is 0 Å². The largest absolute Gasteiger partial charge is 0.0612 e. The van der Waals surface area contributed by atoms with Gasteiger partial charge in [-0.15, -0.1) is 0 Å². The van der Waals surface area contributed by atoms with Gasteiger partial charge in [-0.05, 0) is 52.4 Å². The van der Waals surface area contributed by atoms with Crippen LogP contribution < -0.4 is 0 Å². The molecule has 1 heteroatoms. The lowest BCUT2D eigenvalue weighted by Crippen LogP contribution is -1.96. The zero-order valence-electron chi connectivity index (χ0n) is 4.50. The smallest absolute Gasteiger partial charge is 0.0133 e. The van der Waals surface area contributed by atoms with Crippen molar-refractivity contribution in [2.75, 3.05) is 0 Å². The van der Waals surface area contributed by atoms with Crippen LogP contribution in [0.2, 0.25) is 0 Å². The van der Waals surface area contributed by atoms with E-state index in [0.717, 1.165) is 0 Å². The molecule has 0 bridgehead atoms. The molecule has 1 aliphatic rings. The van der Waals surface area contributed by atoms with E-state index in [1.165, 1.54) is 22.8 Å². The van der Waals surface area contributed by atoms with Crippen molar-refractivity contribution in [3.8, 4) is 0 Å². The van der Waals surface area contributed by atoms with Crippen LogP contribution in [0.25, 0.3) is 0 Å². The Morgan fingerprint density at radius 1 is 1.57 bits per heavy atom. The van der Waals surface area contributed by atoms with E-state index in [-0.39, 0.29) is 0 Å². The molecule has 0 aromatic carbocycles. The summed E-state index contributed by atoms with van der Waals surface area (Å²) < 4.78 is 1.52. The van der Waals surface area contributed by atoms with Crippen LogP contribution in [0.4, 0.5) is 0 Å². The molecule has 0 aromatic heterocycles. The van der Waals surface area contributed by atoms with Crippen molar-refractivity contribution in [1.82, 2.24) is 0 Å². The quantitative estimate of drug-likeness (QED) is 0.537. The standard InChI is InChI=1S/C6H9I/c1-5(7)6-3-2-4-6/h2-4H2,1H3. The Bertz CT molecular complexity index is 92.7. The fourth-order valence-corrected chi connectivity index (χ4v) is 1.24. The first-order valence-corrected chi connectivity index (χ1v) is 3.72. The van der Waals surface area contributed by atoms with E-state index in [2.05, 4.69) is 29.5 Å². The number of rotatable bonds is 0. The van der Waals surface area contributed by atoms with E-state index < -0.39 is 0 Å². The number of halogens is 1. The zero-order valence-corrected chi connectivity index (χ0v) is 6.66. The molecular weight excluding hydrogens is 199 g/mol. The predicted octanol–water partition coefficient (Wildman–Crippen LogP) is 2.88. The van der Waals surface area contributed by atoms with E-state index in [4.69, 9.17) is 0 Å². The van der Waals surface area contributed by atoms with Crippen molar-refractivity contribution in [2.45, 2.75) is 26.2 Å². The second kappa shape index (κ2) is 2.16. The van der Waals surface area contributed by atoms with Crippen molar-refractivity contribution in [2.24, 2.45) is 0 Å². The molecule has 0 spiro atoms. The third kappa shape index (κ3) is 1.18. The lowest BCUT2D eigenvalue weighted by Gasteiger charge is -2.16. The van der Waals surface area contributed by atoms with E-state index in [0.29, 0.717) is 0 Å². The summed E-state index contributed by atoms with van der Waals surface area (Å²) in [6.45, 7) is 2.19. The molecule has 0 heterocycles. The van der Waals surface area contributed by atoms with Gasteiger partial charge in [-0.2, -0.15) is 0 Å². The summed E-state index contributed by atoms with van der Waals surface area (Å²) in [7, 11) is 0. The average Bonchev–Trinajstić information content (AvgIpc) is 1.23. The Kier molecular flexibility index (Phi) is 1.73. The Hall–Kier alpha value is 0.470. The second-order valence-corrected chi connectivity index (χ2v) is 3.61. The summed E-state index contributed by atoms with van der Waals surface area (Å²) in [4.78, 5) is 0. The third-order valence-electron chi connectivity index (χ3n) is 1.44. The Balaban J connectivity index is 2.52. The molecule has 40 valence electrons. The molecule has 0 amide bonds. The van der Waals surface area contributed by atoms with Crippen molar-refractivity contribution in [3.63, 3.8) is 0 Å². The van der Waals surface area contributed by atoms with Gasteiger partial charge in [0.2, 0.25) is 0 Å². The molecule has 0 saturated heterocycles. The summed E-state index contributed by atoms with van der Waals surface area (Å²) >= 11 is 2.40. The first-order valence-electron chi connectivity index (χ1n) is 2.65. The summed E-state index contributed by atoms with van der Waals surface area (Å²) in [6.07, 6.45) is 4.17. The van der Waals surface area contributed by atoms with Crippen LogP contribution in [-0.4, -0.2) is 0 Å². The second-order valence-electron chi connectivity index (χ2n) is 1.99. The molecule has 1 aliphatic carbocycles. The summed E-state index contributed by atoms with van der Waals surface area (Å²) in [5.41, 5.74) is 1.68. The third-order valence-corrected chi connectivity index (χ3v) is 2.21. The van der Waals surface area contributed by atoms with Crippen molar-refractivity contribution < 1.29 is 0 Å². The molecule has 0 aromatic rings. The summed E-state index contributed by atoms with van der Waals surface area (Å²) in [6, 6.07) is 0. The fraction of sp³-hybridized carbons (Fsp3) is 0.667. The molecule has 1 rings (SSSR count). The first kappa shape index (κ1) is 5.60. The molecule has 0 unspecified atom stereocenters. The molecule has 0 nitrogen and oxygen atoms in total. The van der Waals surface area contributed by atoms with E-state index in [9.17, 15) is 0 Å². The van der Waals surface area contributed by atoms with E-state index >= 15 is 0 Å². The SMILES string of the molecule is CC(I)=C1CCC1. The Labute approximate surface area is 58.1 Å². The fourth-order valence-electron chi connectivity index (χ4n) is 0.698.